The molecule has 0 fully saturated rings. The summed E-state index contributed by atoms with van der Waals surface area (Å²) >= 11 is 1.25. The van der Waals surface area contributed by atoms with Gasteiger partial charge in [-0.05, 0) is 35.9 Å². The molecular weight excluding hydrogens is 360 g/mol. The summed E-state index contributed by atoms with van der Waals surface area (Å²) in [5.74, 6) is 0.546. The largest absolute Gasteiger partial charge is 0.497 e. The summed E-state index contributed by atoms with van der Waals surface area (Å²) < 4.78 is 29.0. The van der Waals surface area contributed by atoms with E-state index in [0.29, 0.717) is 15.3 Å². The molecule has 8 heteroatoms. The molecule has 0 bridgehead atoms. The molecule has 0 unspecified atom stereocenters. The van der Waals surface area contributed by atoms with Crippen molar-refractivity contribution in [2.24, 2.45) is 0 Å². The zero-order valence-electron chi connectivity index (χ0n) is 13.6. The first-order chi connectivity index (χ1) is 11.8. The molecule has 2 aromatic carbocycles. The maximum atomic E-state index is 12.2. The lowest BCUT2D eigenvalue weighted by atomic mass is 10.1. The van der Waals surface area contributed by atoms with E-state index in [9.17, 15) is 13.2 Å². The summed E-state index contributed by atoms with van der Waals surface area (Å²) in [5, 5.41) is 3.20. The van der Waals surface area contributed by atoms with E-state index in [2.05, 4.69) is 10.3 Å². The molecule has 0 saturated carbocycles. The molecule has 3 rings (SSSR count). The Morgan fingerprint density at radius 2 is 1.92 bits per heavy atom. The molecule has 0 aliphatic carbocycles. The first-order valence-corrected chi connectivity index (χ1v) is 10.1. The van der Waals surface area contributed by atoms with Gasteiger partial charge in [0.2, 0.25) is 5.91 Å². The summed E-state index contributed by atoms with van der Waals surface area (Å²) in [5.41, 5.74) is 1.51. The number of amides is 1. The molecule has 1 aromatic heterocycles. The third-order valence-electron chi connectivity index (χ3n) is 3.56. The van der Waals surface area contributed by atoms with Crippen LogP contribution < -0.4 is 10.1 Å². The maximum absolute atomic E-state index is 12.2. The number of ether oxygens (including phenoxy) is 1. The van der Waals surface area contributed by atoms with Crippen LogP contribution in [-0.4, -0.2) is 32.7 Å². The van der Waals surface area contributed by atoms with Crippen molar-refractivity contribution in [3.05, 3.63) is 48.0 Å². The van der Waals surface area contributed by atoms with Crippen molar-refractivity contribution in [1.82, 2.24) is 4.98 Å². The second-order valence-electron chi connectivity index (χ2n) is 5.49. The molecule has 0 saturated heterocycles. The van der Waals surface area contributed by atoms with Crippen molar-refractivity contribution in [2.45, 2.75) is 11.3 Å². The van der Waals surface area contributed by atoms with Crippen LogP contribution in [0.2, 0.25) is 0 Å². The smallest absolute Gasteiger partial charge is 0.230 e. The number of hydrogen-bond donors (Lipinski definition) is 1. The zero-order chi connectivity index (χ0) is 18.0. The molecule has 130 valence electrons. The van der Waals surface area contributed by atoms with Gasteiger partial charge in [0.1, 0.15) is 5.75 Å². The van der Waals surface area contributed by atoms with Crippen LogP contribution in [0, 0.1) is 0 Å². The minimum atomic E-state index is -3.27. The van der Waals surface area contributed by atoms with Gasteiger partial charge in [-0.3, -0.25) is 4.79 Å². The number of carbonyl (C=O) groups is 1. The molecule has 6 nitrogen and oxygen atoms in total. The predicted octanol–water partition coefficient (Wildman–Crippen LogP) is 2.89. The van der Waals surface area contributed by atoms with E-state index < -0.39 is 9.84 Å². The van der Waals surface area contributed by atoms with Crippen LogP contribution in [0.3, 0.4) is 0 Å². The summed E-state index contributed by atoms with van der Waals surface area (Å²) in [6.45, 7) is 0. The Kier molecular flexibility index (Phi) is 4.73. The minimum Gasteiger partial charge on any atom is -0.497 e. The predicted molar refractivity (Wildman–Crippen MR) is 98.1 cm³/mol. The monoisotopic (exact) mass is 376 g/mol. The highest BCUT2D eigenvalue weighted by atomic mass is 32.2. The van der Waals surface area contributed by atoms with Gasteiger partial charge in [-0.2, -0.15) is 0 Å². The maximum Gasteiger partial charge on any atom is 0.230 e. The van der Waals surface area contributed by atoms with Crippen molar-refractivity contribution in [3.63, 3.8) is 0 Å². The average Bonchev–Trinajstić information content (AvgIpc) is 2.95. The number of carbonyl (C=O) groups excluding carboxylic acids is 1. The van der Waals surface area contributed by atoms with E-state index in [1.54, 1.807) is 31.4 Å². The van der Waals surface area contributed by atoms with Crippen LogP contribution in [0.15, 0.2) is 47.4 Å². The van der Waals surface area contributed by atoms with Crippen LogP contribution in [0.5, 0.6) is 5.75 Å². The van der Waals surface area contributed by atoms with Gasteiger partial charge in [-0.1, -0.05) is 23.5 Å². The van der Waals surface area contributed by atoms with Gasteiger partial charge in [-0.15, -0.1) is 0 Å². The van der Waals surface area contributed by atoms with Gasteiger partial charge in [-0.25, -0.2) is 13.4 Å². The van der Waals surface area contributed by atoms with E-state index >= 15 is 0 Å². The summed E-state index contributed by atoms with van der Waals surface area (Å²) in [7, 11) is -1.69. The molecule has 0 aliphatic heterocycles. The van der Waals surface area contributed by atoms with Crippen LogP contribution >= 0.6 is 11.3 Å². The highest BCUT2D eigenvalue weighted by Crippen LogP contribution is 2.28. The highest BCUT2D eigenvalue weighted by molar-refractivity contribution is 7.90. The molecule has 0 spiro atoms. The summed E-state index contributed by atoms with van der Waals surface area (Å²) in [6, 6.07) is 12.0. The second kappa shape index (κ2) is 6.81. The molecule has 0 atom stereocenters. The van der Waals surface area contributed by atoms with Gasteiger partial charge in [0.05, 0.1) is 28.6 Å². The Morgan fingerprint density at radius 1 is 1.20 bits per heavy atom. The lowest BCUT2D eigenvalue weighted by molar-refractivity contribution is -0.115. The average molecular weight is 376 g/mol. The Morgan fingerprint density at radius 3 is 2.56 bits per heavy atom. The number of thiazole rings is 1. The number of rotatable bonds is 5. The van der Waals surface area contributed by atoms with E-state index in [-0.39, 0.29) is 17.2 Å². The van der Waals surface area contributed by atoms with E-state index in [0.717, 1.165) is 17.6 Å². The van der Waals surface area contributed by atoms with Crippen molar-refractivity contribution in [3.8, 4) is 5.75 Å². The first-order valence-electron chi connectivity index (χ1n) is 7.38. The number of benzene rings is 2. The van der Waals surface area contributed by atoms with Crippen LogP contribution in [0.1, 0.15) is 5.56 Å². The fourth-order valence-corrected chi connectivity index (χ4v) is 3.92. The summed E-state index contributed by atoms with van der Waals surface area (Å²) in [4.78, 5) is 16.7. The third-order valence-corrected chi connectivity index (χ3v) is 5.60. The lowest BCUT2D eigenvalue weighted by Crippen LogP contribution is -2.14. The van der Waals surface area contributed by atoms with Crippen molar-refractivity contribution in [2.75, 3.05) is 18.7 Å². The quantitative estimate of drug-likeness (QED) is 0.740. The number of fused-ring (bicyclic) bond motifs is 1. The van der Waals surface area contributed by atoms with Crippen LogP contribution in [0.25, 0.3) is 10.2 Å². The van der Waals surface area contributed by atoms with E-state index in [4.69, 9.17) is 4.74 Å². The van der Waals surface area contributed by atoms with Gasteiger partial charge < -0.3 is 10.1 Å². The summed E-state index contributed by atoms with van der Waals surface area (Å²) in [6.07, 6.45) is 1.38. The molecule has 1 amide bonds. The third kappa shape index (κ3) is 4.15. The van der Waals surface area contributed by atoms with Gasteiger partial charge >= 0.3 is 0 Å². The Hall–Kier alpha value is -2.45. The number of nitrogens with one attached hydrogen (secondary N) is 1. The van der Waals surface area contributed by atoms with Crippen LogP contribution in [0.4, 0.5) is 5.13 Å². The SMILES string of the molecule is COc1ccc(CC(=O)Nc2nc3ccc(S(C)(=O)=O)cc3s2)cc1. The molecule has 0 radical (unpaired) electrons. The van der Waals surface area contributed by atoms with Crippen molar-refractivity contribution in [1.29, 1.82) is 0 Å². The molecule has 25 heavy (non-hydrogen) atoms. The topological polar surface area (TPSA) is 85.4 Å². The Bertz CT molecular complexity index is 1020. The molecule has 1 heterocycles. The number of hydrogen-bond acceptors (Lipinski definition) is 6. The number of aromatic nitrogens is 1. The van der Waals surface area contributed by atoms with E-state index in [1.165, 1.54) is 17.4 Å². The normalized spacial score (nSPS) is 11.4. The highest BCUT2D eigenvalue weighted by Gasteiger charge is 2.12. The fourth-order valence-electron chi connectivity index (χ4n) is 2.28. The van der Waals surface area contributed by atoms with Gasteiger partial charge in [0, 0.05) is 6.26 Å². The Labute approximate surface area is 149 Å². The van der Waals surface area contributed by atoms with Gasteiger partial charge in [0.15, 0.2) is 15.0 Å². The number of methoxy groups -OCH3 is 1. The van der Waals surface area contributed by atoms with Crippen molar-refractivity contribution >= 4 is 42.4 Å². The minimum absolute atomic E-state index is 0.187. The standard InChI is InChI=1S/C17H16N2O4S2/c1-23-12-5-3-11(4-6-12)9-16(20)19-17-18-14-8-7-13(25(2,21)22)10-15(14)24-17/h3-8,10H,9H2,1-2H3,(H,18,19,20). The zero-order valence-corrected chi connectivity index (χ0v) is 15.3. The second-order valence-corrected chi connectivity index (χ2v) is 8.54. The number of sulfone groups is 1. The lowest BCUT2D eigenvalue weighted by Gasteiger charge is -2.03. The van der Waals surface area contributed by atoms with Crippen LogP contribution in [-0.2, 0) is 21.1 Å². The van der Waals surface area contributed by atoms with Crippen molar-refractivity contribution < 1.29 is 17.9 Å². The van der Waals surface area contributed by atoms with Gasteiger partial charge in [0.25, 0.3) is 0 Å². The van der Waals surface area contributed by atoms with E-state index in [1.807, 2.05) is 12.1 Å². The number of nitrogens with zero attached hydrogens (tertiary/aromatic N) is 1. The molecular formula is C17H16N2O4S2. The first kappa shape index (κ1) is 17.4. The Balaban J connectivity index is 1.74. The molecule has 0 aliphatic rings. The molecule has 3 aromatic rings. The number of anilines is 1. The fraction of sp³-hybridized carbons (Fsp3) is 0.176. The molecule has 1 N–H and O–H groups in total.